The van der Waals surface area contributed by atoms with Gasteiger partial charge in [-0.3, -0.25) is 0 Å². The van der Waals surface area contributed by atoms with Crippen LogP contribution in [0.2, 0.25) is 0 Å². The van der Waals surface area contributed by atoms with Crippen molar-refractivity contribution in [3.8, 4) is 0 Å². The second-order valence-electron chi connectivity index (χ2n) is 0. The van der Waals surface area contributed by atoms with Crippen molar-refractivity contribution in [3.63, 3.8) is 0 Å². The van der Waals surface area contributed by atoms with E-state index in [-0.39, 0.29) is 161 Å². The van der Waals surface area contributed by atoms with Crippen LogP contribution < -0.4 is 0 Å². The summed E-state index contributed by atoms with van der Waals surface area (Å²) < 4.78 is 0. The van der Waals surface area contributed by atoms with Gasteiger partial charge in [-0.2, -0.15) is 0 Å². The SMILES string of the molecule is [Fe+2].[Fe+2].[Fe+3].[Fe+3].[O-2].[O-2].[O-2].[O-2].[O-2].[O-2].[O-2].[Pb+2].[Pb+2]. The Labute approximate surface area is 159 Å². The fourth-order valence-corrected chi connectivity index (χ4v) is 0. The van der Waals surface area contributed by atoms with Gasteiger partial charge in [0, 0.05) is 0 Å². The summed E-state index contributed by atoms with van der Waals surface area (Å²) in [5.41, 5.74) is 0. The van der Waals surface area contributed by atoms with Gasteiger partial charge >= 0.3 is 123 Å². The molecule has 0 aliphatic carbocycles. The molecule has 0 aromatic rings. The number of hydrogen-bond donors (Lipinski definition) is 0. The largest absolute Gasteiger partial charge is 3.00 e. The van der Waals surface area contributed by atoms with Crippen LogP contribution in [-0.4, -0.2) is 54.6 Å². The Balaban J connectivity index is 0. The monoisotopic (exact) mass is 752 g/mol. The molecule has 0 saturated carbocycles. The third kappa shape index (κ3) is 219. The van der Waals surface area contributed by atoms with E-state index < -0.39 is 0 Å². The molecule has 0 amide bonds. The number of rotatable bonds is 0. The van der Waals surface area contributed by atoms with Crippen molar-refractivity contribution < 1.29 is 107 Å². The van der Waals surface area contributed by atoms with E-state index in [1.807, 2.05) is 0 Å². The van der Waals surface area contributed by atoms with Gasteiger partial charge in [-0.05, 0) is 0 Å². The summed E-state index contributed by atoms with van der Waals surface area (Å²) in [5.74, 6) is 0. The minimum absolute atomic E-state index is 0. The second kappa shape index (κ2) is 253. The van der Waals surface area contributed by atoms with Gasteiger partial charge < -0.3 is 38.3 Å². The Morgan fingerprint density at radius 3 is 0.308 bits per heavy atom. The summed E-state index contributed by atoms with van der Waals surface area (Å²) >= 11 is 0. The zero-order valence-corrected chi connectivity index (χ0v) is 17.5. The summed E-state index contributed by atoms with van der Waals surface area (Å²) in [6, 6.07) is 0. The van der Waals surface area contributed by atoms with E-state index in [1.165, 1.54) is 0 Å². The molecule has 0 fully saturated rings. The van der Waals surface area contributed by atoms with E-state index in [1.54, 1.807) is 0 Å². The first kappa shape index (κ1) is 307. The minimum Gasteiger partial charge on any atom is -2.00 e. The molecule has 0 saturated heterocycles. The Morgan fingerprint density at radius 2 is 0.308 bits per heavy atom. The molecule has 0 heterocycles. The molecule has 6 radical (unpaired) electrons. The van der Waals surface area contributed by atoms with Crippen molar-refractivity contribution >= 4 is 54.6 Å². The van der Waals surface area contributed by atoms with Gasteiger partial charge in [0.1, 0.15) is 0 Å². The quantitative estimate of drug-likeness (QED) is 0.257. The van der Waals surface area contributed by atoms with Crippen molar-refractivity contribution in [2.45, 2.75) is 0 Å². The molecule has 0 aromatic heterocycles. The molecule has 0 aliphatic rings. The maximum Gasteiger partial charge on any atom is 3.00 e. The number of hydrogen-bond acceptors (Lipinski definition) is 0. The van der Waals surface area contributed by atoms with Crippen LogP contribution in [0.4, 0.5) is 0 Å². The molecule has 7 nitrogen and oxygen atoms in total. The Bertz CT molecular complexity index is 18.5. The Kier molecular flexibility index (Phi) is 5970. The first-order chi connectivity index (χ1) is 0. The molecule has 0 spiro atoms. The maximum absolute atomic E-state index is 0. The molecule has 0 rings (SSSR count). The predicted octanol–water partition coefficient (Wildman–Crippen LogP) is -1.60. The standard InChI is InChI=1S/4Fe.7O.2Pb/q2*+2;2*+3;7*-2;2*+2. The van der Waals surface area contributed by atoms with Crippen LogP contribution in [0.1, 0.15) is 0 Å². The van der Waals surface area contributed by atoms with Gasteiger partial charge in [0.15, 0.2) is 0 Å². The third-order valence-electron chi connectivity index (χ3n) is 0. The van der Waals surface area contributed by atoms with E-state index in [9.17, 15) is 0 Å². The van der Waals surface area contributed by atoms with Gasteiger partial charge in [0.25, 0.3) is 0 Å². The molecule has 0 atom stereocenters. The van der Waals surface area contributed by atoms with E-state index in [0.717, 1.165) is 0 Å². The van der Waals surface area contributed by atoms with Crippen LogP contribution in [0, 0.1) is 0 Å². The van der Waals surface area contributed by atoms with Gasteiger partial charge in [-0.1, -0.05) is 0 Å². The smallest absolute Gasteiger partial charge is 2.00 e. The molecule has 13 heteroatoms. The van der Waals surface area contributed by atoms with Crippen molar-refractivity contribution in [2.75, 3.05) is 0 Å². The molecular weight excluding hydrogens is 750 g/mol. The van der Waals surface area contributed by atoms with Crippen LogP contribution in [0.3, 0.4) is 0 Å². The van der Waals surface area contributed by atoms with Gasteiger partial charge in [-0.25, -0.2) is 0 Å². The fourth-order valence-electron chi connectivity index (χ4n) is 0. The Hall–Kier alpha value is 3.64. The van der Waals surface area contributed by atoms with Gasteiger partial charge in [-0.15, -0.1) is 0 Å². The first-order valence-corrected chi connectivity index (χ1v) is 0. The predicted molar refractivity (Wildman–Crippen MR) is 16.3 cm³/mol. The van der Waals surface area contributed by atoms with Crippen LogP contribution in [0.15, 0.2) is 0 Å². The fraction of sp³-hybridized carbons (Fsp3) is 0. The Morgan fingerprint density at radius 1 is 0.308 bits per heavy atom. The van der Waals surface area contributed by atoms with Crippen LogP contribution in [0.25, 0.3) is 0 Å². The molecule has 0 bridgehead atoms. The van der Waals surface area contributed by atoms with E-state index in [0.29, 0.717) is 0 Å². The molecule has 0 unspecified atom stereocenters. The zero-order valence-electron chi connectivity index (χ0n) is 5.27. The molecule has 0 aromatic carbocycles. The van der Waals surface area contributed by atoms with Crippen LogP contribution in [-0.2, 0) is 107 Å². The van der Waals surface area contributed by atoms with Crippen molar-refractivity contribution in [3.05, 3.63) is 0 Å². The van der Waals surface area contributed by atoms with Crippen molar-refractivity contribution in [1.29, 1.82) is 0 Å². The molecule has 0 N–H and O–H groups in total. The summed E-state index contributed by atoms with van der Waals surface area (Å²) in [7, 11) is 0. The molecular formula is Fe4O7Pb2. The van der Waals surface area contributed by atoms with Gasteiger partial charge in [0.2, 0.25) is 0 Å². The molecule has 82 valence electrons. The minimum atomic E-state index is 0. The topological polar surface area (TPSA) is 200 Å². The summed E-state index contributed by atoms with van der Waals surface area (Å²) in [6.07, 6.45) is 0. The maximum atomic E-state index is 0. The molecule has 0 aliphatic heterocycles. The summed E-state index contributed by atoms with van der Waals surface area (Å²) in [4.78, 5) is 0. The van der Waals surface area contributed by atoms with Crippen molar-refractivity contribution in [1.82, 2.24) is 0 Å². The van der Waals surface area contributed by atoms with Crippen LogP contribution >= 0.6 is 0 Å². The van der Waals surface area contributed by atoms with Gasteiger partial charge in [0.05, 0.1) is 0 Å². The van der Waals surface area contributed by atoms with E-state index >= 15 is 0 Å². The second-order valence-corrected chi connectivity index (χ2v) is 0. The average molecular weight is 750 g/mol. The first-order valence-electron chi connectivity index (χ1n) is 0. The molecule has 13 heavy (non-hydrogen) atoms. The summed E-state index contributed by atoms with van der Waals surface area (Å²) in [5, 5.41) is 0. The van der Waals surface area contributed by atoms with Crippen molar-refractivity contribution in [2.24, 2.45) is 0 Å². The van der Waals surface area contributed by atoms with E-state index in [2.05, 4.69) is 0 Å². The van der Waals surface area contributed by atoms with E-state index in [4.69, 9.17) is 0 Å². The van der Waals surface area contributed by atoms with Crippen LogP contribution in [0.5, 0.6) is 0 Å². The zero-order chi connectivity index (χ0) is 0. The third-order valence-corrected chi connectivity index (χ3v) is 0. The average Bonchev–Trinajstić information content (AvgIpc) is 0. The summed E-state index contributed by atoms with van der Waals surface area (Å²) in [6.45, 7) is 0. The normalized spacial score (nSPS) is 0.